The van der Waals surface area contributed by atoms with Crippen LogP contribution in [-0.4, -0.2) is 66.2 Å². The van der Waals surface area contributed by atoms with E-state index in [0.717, 1.165) is 5.56 Å². The minimum Gasteiger partial charge on any atom is -0.449 e. The average molecular weight is 480 g/mol. The third-order valence-electron chi connectivity index (χ3n) is 5.51. The fourth-order valence-corrected chi connectivity index (χ4v) is 6.54. The molecular weight excluding hydrogens is 454 g/mol. The van der Waals surface area contributed by atoms with Crippen LogP contribution in [0.2, 0.25) is 0 Å². The molecule has 0 aliphatic carbocycles. The summed E-state index contributed by atoms with van der Waals surface area (Å²) in [5.74, 6) is 1.12. The molecule has 4 rings (SSSR count). The number of aryl methyl sites for hydroxylation is 3. The molecule has 1 fully saturated rings. The van der Waals surface area contributed by atoms with Gasteiger partial charge in [0.05, 0.1) is 4.90 Å². The van der Waals surface area contributed by atoms with Crippen molar-refractivity contribution in [2.45, 2.75) is 30.2 Å². The zero-order valence-corrected chi connectivity index (χ0v) is 19.7. The van der Waals surface area contributed by atoms with Crippen LogP contribution in [0.25, 0.3) is 11.3 Å². The van der Waals surface area contributed by atoms with E-state index in [1.807, 2.05) is 0 Å². The van der Waals surface area contributed by atoms with E-state index >= 15 is 0 Å². The van der Waals surface area contributed by atoms with Gasteiger partial charge in [-0.2, -0.15) is 8.61 Å². The Morgan fingerprint density at radius 2 is 1.50 bits per heavy atom. The largest absolute Gasteiger partial charge is 0.449 e. The molecule has 3 heterocycles. The summed E-state index contributed by atoms with van der Waals surface area (Å²) in [7, 11) is -5.83. The van der Waals surface area contributed by atoms with E-state index < -0.39 is 20.0 Å². The lowest BCUT2D eigenvalue weighted by Gasteiger charge is -2.21. The first-order valence-electron chi connectivity index (χ1n) is 10.1. The molecule has 0 radical (unpaired) electrons. The SMILES string of the molecule is Cc1nc(-c2ccc(S(=O)(=O)N3CCCN(S(=O)(=O)c4cn(C)c(C)n4)CC3)cc2)co1. The summed E-state index contributed by atoms with van der Waals surface area (Å²) in [6.07, 6.45) is 3.38. The number of benzene rings is 1. The molecule has 12 heteroatoms. The number of hydrogen-bond donors (Lipinski definition) is 0. The van der Waals surface area contributed by atoms with E-state index in [4.69, 9.17) is 4.42 Å². The van der Waals surface area contributed by atoms with Gasteiger partial charge in [0.25, 0.3) is 10.0 Å². The molecule has 32 heavy (non-hydrogen) atoms. The van der Waals surface area contributed by atoms with Gasteiger partial charge in [-0.25, -0.2) is 26.8 Å². The third kappa shape index (κ3) is 4.22. The highest BCUT2D eigenvalue weighted by molar-refractivity contribution is 7.89. The number of oxazole rings is 1. The minimum absolute atomic E-state index is 0.0208. The molecule has 1 saturated heterocycles. The van der Waals surface area contributed by atoms with Crippen LogP contribution in [0.5, 0.6) is 0 Å². The van der Waals surface area contributed by atoms with Crippen molar-refractivity contribution in [2.24, 2.45) is 7.05 Å². The molecule has 0 saturated carbocycles. The number of nitrogens with zero attached hydrogens (tertiary/aromatic N) is 5. The van der Waals surface area contributed by atoms with Gasteiger partial charge in [0.15, 0.2) is 10.9 Å². The van der Waals surface area contributed by atoms with Crippen molar-refractivity contribution >= 4 is 20.0 Å². The molecule has 0 amide bonds. The van der Waals surface area contributed by atoms with Crippen LogP contribution in [0.1, 0.15) is 18.1 Å². The second-order valence-corrected chi connectivity index (χ2v) is 11.5. The van der Waals surface area contributed by atoms with E-state index in [1.54, 1.807) is 37.6 Å². The molecule has 0 bridgehead atoms. The quantitative estimate of drug-likeness (QED) is 0.547. The van der Waals surface area contributed by atoms with Crippen LogP contribution in [0.3, 0.4) is 0 Å². The lowest BCUT2D eigenvalue weighted by molar-refractivity contribution is 0.403. The lowest BCUT2D eigenvalue weighted by atomic mass is 10.2. The summed E-state index contributed by atoms with van der Waals surface area (Å²) in [5.41, 5.74) is 1.38. The van der Waals surface area contributed by atoms with Gasteiger partial charge >= 0.3 is 0 Å². The van der Waals surface area contributed by atoms with Gasteiger partial charge in [-0.15, -0.1) is 0 Å². The van der Waals surface area contributed by atoms with E-state index in [2.05, 4.69) is 9.97 Å². The van der Waals surface area contributed by atoms with Crippen LogP contribution in [0, 0.1) is 13.8 Å². The summed E-state index contributed by atoms with van der Waals surface area (Å²) >= 11 is 0. The van der Waals surface area contributed by atoms with E-state index in [9.17, 15) is 16.8 Å². The predicted molar refractivity (Wildman–Crippen MR) is 117 cm³/mol. The molecule has 1 aliphatic rings. The predicted octanol–water partition coefficient (Wildman–Crippen LogP) is 1.78. The Labute approximate surface area is 187 Å². The Hall–Kier alpha value is -2.54. The molecule has 0 spiro atoms. The first-order valence-corrected chi connectivity index (χ1v) is 13.0. The van der Waals surface area contributed by atoms with Crippen molar-refractivity contribution in [3.63, 3.8) is 0 Å². The molecule has 2 aromatic heterocycles. The normalized spacial score (nSPS) is 16.8. The van der Waals surface area contributed by atoms with Crippen LogP contribution in [0.15, 0.2) is 51.1 Å². The Morgan fingerprint density at radius 3 is 2.03 bits per heavy atom. The Bertz CT molecular complexity index is 1310. The number of aromatic nitrogens is 3. The van der Waals surface area contributed by atoms with Crippen molar-refractivity contribution < 1.29 is 21.3 Å². The lowest BCUT2D eigenvalue weighted by Crippen LogP contribution is -2.37. The van der Waals surface area contributed by atoms with Gasteiger partial charge in [0.2, 0.25) is 10.0 Å². The highest BCUT2D eigenvalue weighted by atomic mass is 32.2. The van der Waals surface area contributed by atoms with Crippen LogP contribution < -0.4 is 0 Å². The molecule has 0 atom stereocenters. The smallest absolute Gasteiger partial charge is 0.262 e. The van der Waals surface area contributed by atoms with Crippen molar-refractivity contribution in [1.82, 2.24) is 23.1 Å². The molecule has 10 nitrogen and oxygen atoms in total. The standard InChI is InChI=1S/C20H25N5O5S2/c1-15-21-20(13-23(15)3)32(28,29)25-10-4-9-24(11-12-25)31(26,27)18-7-5-17(6-8-18)19-14-30-16(2)22-19/h5-8,13-14H,4,9-12H2,1-3H3. The molecule has 172 valence electrons. The molecule has 3 aromatic rings. The van der Waals surface area contributed by atoms with E-state index in [-0.39, 0.29) is 36.1 Å². The average Bonchev–Trinajstić information content (AvgIpc) is 3.23. The Morgan fingerprint density at radius 1 is 0.875 bits per heavy atom. The third-order valence-corrected chi connectivity index (χ3v) is 9.19. The van der Waals surface area contributed by atoms with E-state index in [0.29, 0.717) is 23.8 Å². The fourth-order valence-electron chi connectivity index (χ4n) is 3.58. The van der Waals surface area contributed by atoms with Crippen molar-refractivity contribution in [3.8, 4) is 11.3 Å². The number of sulfonamides is 2. The summed E-state index contributed by atoms with van der Waals surface area (Å²) in [6.45, 7) is 4.06. The van der Waals surface area contributed by atoms with E-state index in [1.165, 1.54) is 33.2 Å². The number of rotatable bonds is 5. The molecule has 0 unspecified atom stereocenters. The molecular formula is C20H25N5O5S2. The summed E-state index contributed by atoms with van der Waals surface area (Å²) in [4.78, 5) is 8.52. The van der Waals surface area contributed by atoms with Crippen molar-refractivity contribution in [3.05, 3.63) is 48.4 Å². The maximum absolute atomic E-state index is 13.2. The Kier molecular flexibility index (Phi) is 5.96. The first kappa shape index (κ1) is 22.6. The summed E-state index contributed by atoms with van der Waals surface area (Å²) in [6, 6.07) is 6.43. The van der Waals surface area contributed by atoms with Gasteiger partial charge in [-0.3, -0.25) is 0 Å². The monoisotopic (exact) mass is 479 g/mol. The van der Waals surface area contributed by atoms with Gasteiger partial charge in [-0.05, 0) is 25.5 Å². The maximum atomic E-state index is 13.2. The highest BCUT2D eigenvalue weighted by Crippen LogP contribution is 2.24. The maximum Gasteiger partial charge on any atom is 0.262 e. The number of imidazole rings is 1. The second kappa shape index (κ2) is 8.43. The molecule has 0 N–H and O–H groups in total. The van der Waals surface area contributed by atoms with Gasteiger partial charge < -0.3 is 8.98 Å². The zero-order valence-electron chi connectivity index (χ0n) is 18.1. The fraction of sp³-hybridized carbons (Fsp3) is 0.400. The van der Waals surface area contributed by atoms with Crippen LogP contribution >= 0.6 is 0 Å². The van der Waals surface area contributed by atoms with Crippen molar-refractivity contribution in [2.75, 3.05) is 26.2 Å². The van der Waals surface area contributed by atoms with Crippen molar-refractivity contribution in [1.29, 1.82) is 0 Å². The first-order chi connectivity index (χ1) is 15.1. The topological polar surface area (TPSA) is 119 Å². The number of hydrogen-bond acceptors (Lipinski definition) is 7. The van der Waals surface area contributed by atoms with Crippen LogP contribution in [0.4, 0.5) is 0 Å². The zero-order chi connectivity index (χ0) is 23.1. The highest BCUT2D eigenvalue weighted by Gasteiger charge is 2.33. The second-order valence-electron chi connectivity index (χ2n) is 7.68. The van der Waals surface area contributed by atoms with Crippen LogP contribution in [-0.2, 0) is 27.1 Å². The minimum atomic E-state index is -3.79. The summed E-state index contributed by atoms with van der Waals surface area (Å²) < 4.78 is 61.8. The van der Waals surface area contributed by atoms with Gasteiger partial charge in [-0.1, -0.05) is 12.1 Å². The van der Waals surface area contributed by atoms with Gasteiger partial charge in [0.1, 0.15) is 17.8 Å². The summed E-state index contributed by atoms with van der Waals surface area (Å²) in [5, 5.41) is -0.0208. The Balaban J connectivity index is 1.51. The molecule has 1 aromatic carbocycles. The molecule has 1 aliphatic heterocycles. The van der Waals surface area contributed by atoms with Gasteiger partial charge in [0, 0.05) is 51.9 Å².